The third-order valence-electron chi connectivity index (χ3n) is 6.25. The highest BCUT2D eigenvalue weighted by molar-refractivity contribution is 7.88. The van der Waals surface area contributed by atoms with Crippen LogP contribution in [0.3, 0.4) is 0 Å². The monoisotopic (exact) mass is 516 g/mol. The van der Waals surface area contributed by atoms with Gasteiger partial charge in [0.05, 0.1) is 18.1 Å². The van der Waals surface area contributed by atoms with Crippen LogP contribution in [0, 0.1) is 6.92 Å². The molecule has 1 N–H and O–H groups in total. The Kier molecular flexibility index (Phi) is 7.60. The molecule has 35 heavy (non-hydrogen) atoms. The lowest BCUT2D eigenvalue weighted by atomic mass is 10.1. The van der Waals surface area contributed by atoms with Crippen LogP contribution in [0.25, 0.3) is 22.4 Å². The first-order valence-corrected chi connectivity index (χ1v) is 17.6. The Morgan fingerprint density at radius 2 is 2.06 bits per heavy atom. The zero-order valence-electron chi connectivity index (χ0n) is 21.3. The normalized spacial score (nSPS) is 17.7. The van der Waals surface area contributed by atoms with Crippen LogP contribution in [-0.2, 0) is 21.5 Å². The van der Waals surface area contributed by atoms with Crippen LogP contribution in [-0.4, -0.2) is 72.3 Å². The van der Waals surface area contributed by atoms with E-state index in [9.17, 15) is 8.42 Å². The smallest absolute Gasteiger partial charge is 0.211 e. The van der Waals surface area contributed by atoms with Crippen molar-refractivity contribution in [3.63, 3.8) is 0 Å². The molecule has 1 unspecified atom stereocenters. The van der Waals surface area contributed by atoms with Gasteiger partial charge in [0.25, 0.3) is 0 Å². The first-order chi connectivity index (χ1) is 16.5. The number of piperidine rings is 1. The molecular formula is C24H36N6O3SSi. The van der Waals surface area contributed by atoms with Gasteiger partial charge in [0, 0.05) is 51.8 Å². The van der Waals surface area contributed by atoms with Crippen molar-refractivity contribution in [3.8, 4) is 11.3 Å². The highest BCUT2D eigenvalue weighted by atomic mass is 32.2. The summed E-state index contributed by atoms with van der Waals surface area (Å²) in [6.07, 6.45) is 8.49. The van der Waals surface area contributed by atoms with Crippen molar-refractivity contribution in [1.82, 2.24) is 23.8 Å². The van der Waals surface area contributed by atoms with Gasteiger partial charge in [-0.25, -0.2) is 27.7 Å². The third kappa shape index (κ3) is 6.46. The standard InChI is InChI=1S/C24H36N6O3SSi/c1-18-15-29(17-33-12-13-35(3,4)5)24-22(18)28-21(14-26-24)20-9-6-10-25-23(20)27-19-8-7-11-30(16-19)34(2,31)32/h6,9-10,14-15,19H,7-8,11-13,16-17H2,1-5H3,(H,25,27). The zero-order chi connectivity index (χ0) is 25.2. The van der Waals surface area contributed by atoms with Crippen molar-refractivity contribution in [2.45, 2.75) is 58.2 Å². The van der Waals surface area contributed by atoms with Crippen LogP contribution < -0.4 is 5.32 Å². The van der Waals surface area contributed by atoms with E-state index in [-0.39, 0.29) is 6.04 Å². The molecule has 3 aromatic rings. The number of aromatic nitrogens is 4. The first-order valence-electron chi connectivity index (χ1n) is 12.1. The van der Waals surface area contributed by atoms with E-state index < -0.39 is 18.1 Å². The Labute approximate surface area is 209 Å². The van der Waals surface area contributed by atoms with E-state index in [1.807, 2.05) is 29.8 Å². The Morgan fingerprint density at radius 3 is 2.80 bits per heavy atom. The van der Waals surface area contributed by atoms with E-state index in [1.54, 1.807) is 12.4 Å². The highest BCUT2D eigenvalue weighted by Gasteiger charge is 2.26. The molecule has 190 valence electrons. The zero-order valence-corrected chi connectivity index (χ0v) is 23.1. The van der Waals surface area contributed by atoms with Crippen LogP contribution in [0.15, 0.2) is 30.7 Å². The fourth-order valence-electron chi connectivity index (χ4n) is 4.26. The molecule has 1 aliphatic heterocycles. The molecule has 0 saturated carbocycles. The summed E-state index contributed by atoms with van der Waals surface area (Å²) in [5.74, 6) is 0.688. The fraction of sp³-hybridized carbons (Fsp3) is 0.542. The van der Waals surface area contributed by atoms with Gasteiger partial charge in [-0.2, -0.15) is 0 Å². The predicted molar refractivity (Wildman–Crippen MR) is 143 cm³/mol. The molecule has 0 bridgehead atoms. The Morgan fingerprint density at radius 1 is 1.26 bits per heavy atom. The molecule has 4 rings (SSSR count). The van der Waals surface area contributed by atoms with E-state index in [0.29, 0.717) is 25.6 Å². The SMILES string of the molecule is Cc1cn(COCC[Si](C)(C)C)c2ncc(-c3cccnc3NC3CCCN(S(C)(=O)=O)C3)nc12. The molecule has 3 aromatic heterocycles. The minimum absolute atomic E-state index is 0.0139. The summed E-state index contributed by atoms with van der Waals surface area (Å²) in [7, 11) is -4.35. The van der Waals surface area contributed by atoms with Crippen LogP contribution in [0.2, 0.25) is 25.7 Å². The average molecular weight is 517 g/mol. The summed E-state index contributed by atoms with van der Waals surface area (Å²) in [6.45, 7) is 11.3. The van der Waals surface area contributed by atoms with E-state index in [1.165, 1.54) is 10.6 Å². The summed E-state index contributed by atoms with van der Waals surface area (Å²) in [4.78, 5) is 14.2. The lowest BCUT2D eigenvalue weighted by Gasteiger charge is -2.32. The van der Waals surface area contributed by atoms with Crippen molar-refractivity contribution >= 4 is 35.1 Å². The van der Waals surface area contributed by atoms with Crippen molar-refractivity contribution < 1.29 is 13.2 Å². The van der Waals surface area contributed by atoms with E-state index >= 15 is 0 Å². The van der Waals surface area contributed by atoms with E-state index in [4.69, 9.17) is 14.7 Å². The van der Waals surface area contributed by atoms with Gasteiger partial charge in [-0.05, 0) is 43.5 Å². The summed E-state index contributed by atoms with van der Waals surface area (Å²) in [6, 6.07) is 4.95. The maximum atomic E-state index is 12.0. The van der Waals surface area contributed by atoms with Crippen molar-refractivity contribution in [1.29, 1.82) is 0 Å². The number of nitrogens with one attached hydrogen (secondary N) is 1. The van der Waals surface area contributed by atoms with Gasteiger partial charge in [0.1, 0.15) is 18.1 Å². The molecule has 0 radical (unpaired) electrons. The lowest BCUT2D eigenvalue weighted by molar-refractivity contribution is 0.0898. The molecule has 0 aliphatic carbocycles. The van der Waals surface area contributed by atoms with Crippen LogP contribution >= 0.6 is 0 Å². The number of hydrogen-bond donors (Lipinski definition) is 1. The number of rotatable bonds is 9. The number of sulfonamides is 1. The summed E-state index contributed by atoms with van der Waals surface area (Å²) in [5.41, 5.74) is 4.25. The summed E-state index contributed by atoms with van der Waals surface area (Å²) < 4.78 is 33.5. The maximum Gasteiger partial charge on any atom is 0.211 e. The van der Waals surface area contributed by atoms with Gasteiger partial charge in [0.2, 0.25) is 10.0 Å². The second kappa shape index (κ2) is 10.3. The number of ether oxygens (including phenoxy) is 1. The molecular weight excluding hydrogens is 480 g/mol. The van der Waals surface area contributed by atoms with E-state index in [2.05, 4.69) is 29.9 Å². The second-order valence-corrected chi connectivity index (χ2v) is 18.2. The maximum absolute atomic E-state index is 12.0. The van der Waals surface area contributed by atoms with Gasteiger partial charge in [-0.3, -0.25) is 0 Å². The van der Waals surface area contributed by atoms with Crippen molar-refractivity contribution in [3.05, 3.63) is 36.3 Å². The third-order valence-corrected chi connectivity index (χ3v) is 9.23. The highest BCUT2D eigenvalue weighted by Crippen LogP contribution is 2.28. The van der Waals surface area contributed by atoms with Gasteiger partial charge in [0.15, 0.2) is 5.65 Å². The van der Waals surface area contributed by atoms with Crippen molar-refractivity contribution in [2.75, 3.05) is 31.3 Å². The number of pyridine rings is 1. The Balaban J connectivity index is 1.54. The first kappa shape index (κ1) is 25.7. The number of hydrogen-bond acceptors (Lipinski definition) is 7. The molecule has 0 amide bonds. The average Bonchev–Trinajstić information content (AvgIpc) is 3.11. The molecule has 1 atom stereocenters. The van der Waals surface area contributed by atoms with Gasteiger partial charge >= 0.3 is 0 Å². The lowest BCUT2D eigenvalue weighted by Crippen LogP contribution is -2.44. The number of aryl methyl sites for hydroxylation is 1. The molecule has 1 saturated heterocycles. The largest absolute Gasteiger partial charge is 0.365 e. The van der Waals surface area contributed by atoms with Crippen LogP contribution in [0.1, 0.15) is 18.4 Å². The number of anilines is 1. The molecule has 4 heterocycles. The molecule has 0 spiro atoms. The van der Waals surface area contributed by atoms with Gasteiger partial charge < -0.3 is 14.6 Å². The second-order valence-electron chi connectivity index (χ2n) is 10.6. The van der Waals surface area contributed by atoms with Gasteiger partial charge in [-0.1, -0.05) is 19.6 Å². The topological polar surface area (TPSA) is 102 Å². The van der Waals surface area contributed by atoms with Crippen molar-refractivity contribution in [2.24, 2.45) is 0 Å². The van der Waals surface area contributed by atoms with Gasteiger partial charge in [-0.15, -0.1) is 0 Å². The number of fused-ring (bicyclic) bond motifs is 1. The molecule has 1 aliphatic rings. The summed E-state index contributed by atoms with van der Waals surface area (Å²) in [5, 5.41) is 3.46. The van der Waals surface area contributed by atoms with Crippen LogP contribution in [0.4, 0.5) is 5.82 Å². The van der Waals surface area contributed by atoms with E-state index in [0.717, 1.165) is 53.5 Å². The van der Waals surface area contributed by atoms with Crippen LogP contribution in [0.5, 0.6) is 0 Å². The molecule has 0 aromatic carbocycles. The summed E-state index contributed by atoms with van der Waals surface area (Å²) >= 11 is 0. The molecule has 1 fully saturated rings. The fourth-order valence-corrected chi connectivity index (χ4v) is 5.93. The Hall–Kier alpha value is -2.34. The quantitative estimate of drug-likeness (QED) is 0.339. The minimum Gasteiger partial charge on any atom is -0.365 e. The minimum atomic E-state index is -3.22. The molecule has 11 heteroatoms. The number of nitrogens with zero attached hydrogens (tertiary/aromatic N) is 5. The molecule has 9 nitrogen and oxygen atoms in total. The predicted octanol–water partition coefficient (Wildman–Crippen LogP) is 3.95. The Bertz CT molecular complexity index is 1290.